The molecule has 0 atom stereocenters. The highest BCUT2D eigenvalue weighted by molar-refractivity contribution is 5.76. The van der Waals surface area contributed by atoms with E-state index in [1.54, 1.807) is 18.6 Å². The van der Waals surface area contributed by atoms with Crippen molar-refractivity contribution in [1.82, 2.24) is 14.9 Å². The van der Waals surface area contributed by atoms with E-state index in [-0.39, 0.29) is 5.91 Å². The second kappa shape index (κ2) is 9.48. The number of hydrogen-bond donors (Lipinski definition) is 0. The van der Waals surface area contributed by atoms with E-state index in [2.05, 4.69) is 23.8 Å². The fraction of sp³-hybridized carbons (Fsp3) is 0.667. The van der Waals surface area contributed by atoms with Crippen LogP contribution in [-0.4, -0.2) is 33.9 Å². The monoisotopic (exact) mass is 263 g/mol. The third kappa shape index (κ3) is 6.32. The van der Waals surface area contributed by atoms with Gasteiger partial charge in [-0.05, 0) is 19.3 Å². The highest BCUT2D eigenvalue weighted by Gasteiger charge is 2.12. The van der Waals surface area contributed by atoms with E-state index in [0.717, 1.165) is 44.5 Å². The van der Waals surface area contributed by atoms with Crippen molar-refractivity contribution in [2.24, 2.45) is 0 Å². The maximum Gasteiger partial charge on any atom is 0.222 e. The summed E-state index contributed by atoms with van der Waals surface area (Å²) in [4.78, 5) is 22.4. The number of nitrogens with zero attached hydrogens (tertiary/aromatic N) is 3. The Balaban J connectivity index is 2.41. The van der Waals surface area contributed by atoms with Gasteiger partial charge in [-0.15, -0.1) is 0 Å². The Morgan fingerprint density at radius 1 is 1.16 bits per heavy atom. The van der Waals surface area contributed by atoms with Crippen LogP contribution in [0.1, 0.15) is 51.6 Å². The van der Waals surface area contributed by atoms with Gasteiger partial charge < -0.3 is 4.90 Å². The Morgan fingerprint density at radius 3 is 2.37 bits per heavy atom. The van der Waals surface area contributed by atoms with Crippen molar-refractivity contribution in [3.63, 3.8) is 0 Å². The maximum absolute atomic E-state index is 12.2. The molecule has 0 unspecified atom stereocenters. The van der Waals surface area contributed by atoms with E-state index in [4.69, 9.17) is 0 Å². The highest BCUT2D eigenvalue weighted by atomic mass is 16.2. The van der Waals surface area contributed by atoms with E-state index >= 15 is 0 Å². The molecule has 4 heteroatoms. The molecule has 0 aliphatic heterocycles. The molecule has 1 rings (SSSR count). The van der Waals surface area contributed by atoms with Crippen molar-refractivity contribution >= 4 is 5.91 Å². The van der Waals surface area contributed by atoms with Gasteiger partial charge in [0.1, 0.15) is 0 Å². The fourth-order valence-corrected chi connectivity index (χ4v) is 1.91. The van der Waals surface area contributed by atoms with Crippen LogP contribution in [0.3, 0.4) is 0 Å². The van der Waals surface area contributed by atoms with Crippen molar-refractivity contribution in [2.45, 2.75) is 52.4 Å². The Bertz CT molecular complexity index is 346. The van der Waals surface area contributed by atoms with Gasteiger partial charge in [0.2, 0.25) is 5.91 Å². The zero-order valence-corrected chi connectivity index (χ0v) is 12.1. The molecule has 0 saturated heterocycles. The van der Waals surface area contributed by atoms with E-state index in [1.165, 1.54) is 0 Å². The van der Waals surface area contributed by atoms with E-state index < -0.39 is 0 Å². The van der Waals surface area contributed by atoms with Gasteiger partial charge in [-0.3, -0.25) is 14.8 Å². The summed E-state index contributed by atoms with van der Waals surface area (Å²) in [7, 11) is 0. The van der Waals surface area contributed by atoms with Gasteiger partial charge in [0.25, 0.3) is 0 Å². The minimum Gasteiger partial charge on any atom is -0.343 e. The molecule has 1 heterocycles. The Kier molecular flexibility index (Phi) is 7.78. The lowest BCUT2D eigenvalue weighted by Crippen LogP contribution is -2.33. The fourth-order valence-electron chi connectivity index (χ4n) is 1.91. The molecule has 1 aromatic heterocycles. The number of aromatic nitrogens is 2. The number of amides is 1. The molecule has 0 aromatic carbocycles. The van der Waals surface area contributed by atoms with E-state index in [0.29, 0.717) is 12.8 Å². The van der Waals surface area contributed by atoms with Crippen molar-refractivity contribution in [3.05, 3.63) is 24.3 Å². The predicted octanol–water partition coefficient (Wildman–Crippen LogP) is 2.84. The summed E-state index contributed by atoms with van der Waals surface area (Å²) in [5, 5.41) is 0. The number of rotatable bonds is 9. The molecule has 0 bridgehead atoms. The highest BCUT2D eigenvalue weighted by Crippen LogP contribution is 2.05. The van der Waals surface area contributed by atoms with Crippen LogP contribution in [0.5, 0.6) is 0 Å². The van der Waals surface area contributed by atoms with Crippen molar-refractivity contribution in [3.8, 4) is 0 Å². The van der Waals surface area contributed by atoms with Crippen LogP contribution in [0.4, 0.5) is 0 Å². The summed E-state index contributed by atoms with van der Waals surface area (Å²) in [6.07, 6.45) is 10.7. The maximum atomic E-state index is 12.2. The lowest BCUT2D eigenvalue weighted by atomic mass is 10.2. The molecule has 4 nitrogen and oxygen atoms in total. The molecule has 106 valence electrons. The summed E-state index contributed by atoms with van der Waals surface area (Å²) in [5.41, 5.74) is 0.891. The summed E-state index contributed by atoms with van der Waals surface area (Å²) >= 11 is 0. The minimum atomic E-state index is 0.243. The molecule has 0 spiro atoms. The molecule has 0 aliphatic rings. The van der Waals surface area contributed by atoms with Gasteiger partial charge in [0, 0.05) is 38.1 Å². The number of carbonyl (C=O) groups is 1. The standard InChI is InChI=1S/C15H25N3O/c1-3-5-11-18(12-6-4-2)15(19)8-7-14-13-16-9-10-17-14/h9-10,13H,3-8,11-12H2,1-2H3. The summed E-state index contributed by atoms with van der Waals surface area (Å²) in [6.45, 7) is 6.08. The summed E-state index contributed by atoms with van der Waals surface area (Å²) in [6, 6.07) is 0. The quantitative estimate of drug-likeness (QED) is 0.688. The third-order valence-electron chi connectivity index (χ3n) is 3.13. The molecule has 19 heavy (non-hydrogen) atoms. The van der Waals surface area contributed by atoms with Gasteiger partial charge in [0.15, 0.2) is 0 Å². The minimum absolute atomic E-state index is 0.243. The first kappa shape index (κ1) is 15.6. The van der Waals surface area contributed by atoms with Crippen LogP contribution >= 0.6 is 0 Å². The van der Waals surface area contributed by atoms with E-state index in [1.807, 2.05) is 4.90 Å². The largest absolute Gasteiger partial charge is 0.343 e. The average Bonchev–Trinajstić information content (AvgIpc) is 2.46. The topological polar surface area (TPSA) is 46.1 Å². The predicted molar refractivity (Wildman–Crippen MR) is 76.7 cm³/mol. The molecule has 0 fully saturated rings. The van der Waals surface area contributed by atoms with Crippen LogP contribution in [0.25, 0.3) is 0 Å². The van der Waals surface area contributed by atoms with Crippen molar-refractivity contribution in [1.29, 1.82) is 0 Å². The summed E-state index contributed by atoms with van der Waals surface area (Å²) < 4.78 is 0. The number of carbonyl (C=O) groups excluding carboxylic acids is 1. The van der Waals surface area contributed by atoms with Crippen molar-refractivity contribution < 1.29 is 4.79 Å². The van der Waals surface area contributed by atoms with Crippen LogP contribution in [0, 0.1) is 0 Å². The second-order valence-electron chi connectivity index (χ2n) is 4.78. The first-order valence-corrected chi connectivity index (χ1v) is 7.30. The van der Waals surface area contributed by atoms with Crippen LogP contribution in [0.15, 0.2) is 18.6 Å². The number of aryl methyl sites for hydroxylation is 1. The molecular weight excluding hydrogens is 238 g/mol. The second-order valence-corrected chi connectivity index (χ2v) is 4.78. The van der Waals surface area contributed by atoms with Gasteiger partial charge >= 0.3 is 0 Å². The Hall–Kier alpha value is -1.45. The molecule has 0 radical (unpaired) electrons. The molecule has 0 saturated carbocycles. The van der Waals surface area contributed by atoms with Gasteiger partial charge in [0.05, 0.1) is 5.69 Å². The lowest BCUT2D eigenvalue weighted by Gasteiger charge is -2.22. The van der Waals surface area contributed by atoms with Crippen LogP contribution in [-0.2, 0) is 11.2 Å². The zero-order chi connectivity index (χ0) is 13.9. The lowest BCUT2D eigenvalue weighted by molar-refractivity contribution is -0.131. The van der Waals surface area contributed by atoms with Crippen molar-refractivity contribution in [2.75, 3.05) is 13.1 Å². The van der Waals surface area contributed by atoms with Crippen LogP contribution in [0.2, 0.25) is 0 Å². The van der Waals surface area contributed by atoms with Gasteiger partial charge in [-0.1, -0.05) is 26.7 Å². The van der Waals surface area contributed by atoms with E-state index in [9.17, 15) is 4.79 Å². The molecule has 0 aliphatic carbocycles. The molecular formula is C15H25N3O. The molecule has 1 amide bonds. The smallest absolute Gasteiger partial charge is 0.222 e. The average molecular weight is 263 g/mol. The zero-order valence-electron chi connectivity index (χ0n) is 12.1. The first-order valence-electron chi connectivity index (χ1n) is 7.30. The molecule has 1 aromatic rings. The molecule has 0 N–H and O–H groups in total. The normalized spacial score (nSPS) is 10.4. The number of unbranched alkanes of at least 4 members (excludes halogenated alkanes) is 2. The number of hydrogen-bond acceptors (Lipinski definition) is 3. The first-order chi connectivity index (χ1) is 9.27. The Labute approximate surface area is 116 Å². The van der Waals surface area contributed by atoms with Gasteiger partial charge in [-0.2, -0.15) is 0 Å². The Morgan fingerprint density at radius 2 is 1.84 bits per heavy atom. The third-order valence-corrected chi connectivity index (χ3v) is 3.13. The summed E-state index contributed by atoms with van der Waals surface area (Å²) in [5.74, 6) is 0.243. The van der Waals surface area contributed by atoms with Gasteiger partial charge in [-0.25, -0.2) is 0 Å². The van der Waals surface area contributed by atoms with Crippen LogP contribution < -0.4 is 0 Å². The SMILES string of the molecule is CCCCN(CCCC)C(=O)CCc1cnccn1.